The van der Waals surface area contributed by atoms with Crippen molar-refractivity contribution in [3.63, 3.8) is 0 Å². The zero-order valence-electron chi connectivity index (χ0n) is 8.64. The standard InChI is InChI=1S/C10H13BrClNOS/c1-10(2,4-5-11)13-9(14)8-7(12)3-6-15-8/h3,6H,4-5H2,1-2H3,(H,13,14). The molecule has 1 heterocycles. The van der Waals surface area contributed by atoms with Gasteiger partial charge in [-0.05, 0) is 31.7 Å². The lowest BCUT2D eigenvalue weighted by Crippen LogP contribution is -2.43. The first kappa shape index (κ1) is 13.0. The third-order valence-electron chi connectivity index (χ3n) is 1.99. The van der Waals surface area contributed by atoms with Gasteiger partial charge in [0.2, 0.25) is 0 Å². The van der Waals surface area contributed by atoms with Crippen LogP contribution in [0.5, 0.6) is 0 Å². The number of carbonyl (C=O) groups excluding carboxylic acids is 1. The number of hydrogen-bond acceptors (Lipinski definition) is 2. The van der Waals surface area contributed by atoms with Crippen LogP contribution >= 0.6 is 38.9 Å². The van der Waals surface area contributed by atoms with Crippen molar-refractivity contribution in [1.29, 1.82) is 0 Å². The maximum Gasteiger partial charge on any atom is 0.263 e. The third-order valence-corrected chi connectivity index (χ3v) is 3.73. The largest absolute Gasteiger partial charge is 0.346 e. The fraction of sp³-hybridized carbons (Fsp3) is 0.500. The molecule has 1 amide bonds. The number of nitrogens with one attached hydrogen (secondary N) is 1. The van der Waals surface area contributed by atoms with E-state index >= 15 is 0 Å². The van der Waals surface area contributed by atoms with Crippen LogP contribution in [0.2, 0.25) is 5.02 Å². The van der Waals surface area contributed by atoms with Crippen molar-refractivity contribution in [3.05, 3.63) is 21.3 Å². The summed E-state index contributed by atoms with van der Waals surface area (Å²) in [4.78, 5) is 12.4. The van der Waals surface area contributed by atoms with E-state index in [4.69, 9.17) is 11.6 Å². The molecule has 0 spiro atoms. The Morgan fingerprint density at radius 2 is 2.33 bits per heavy atom. The Morgan fingerprint density at radius 1 is 1.67 bits per heavy atom. The summed E-state index contributed by atoms with van der Waals surface area (Å²) in [6.45, 7) is 3.99. The average molecular weight is 311 g/mol. The highest BCUT2D eigenvalue weighted by molar-refractivity contribution is 9.09. The van der Waals surface area contributed by atoms with Crippen molar-refractivity contribution in [1.82, 2.24) is 5.32 Å². The van der Waals surface area contributed by atoms with Crippen LogP contribution in [-0.2, 0) is 0 Å². The second-order valence-electron chi connectivity index (χ2n) is 3.87. The van der Waals surface area contributed by atoms with Gasteiger partial charge in [0, 0.05) is 10.9 Å². The first-order valence-corrected chi connectivity index (χ1v) is 6.95. The van der Waals surface area contributed by atoms with Gasteiger partial charge >= 0.3 is 0 Å². The van der Waals surface area contributed by atoms with Gasteiger partial charge in [0.15, 0.2) is 0 Å². The lowest BCUT2D eigenvalue weighted by Gasteiger charge is -2.25. The molecule has 1 aromatic heterocycles. The lowest BCUT2D eigenvalue weighted by molar-refractivity contribution is 0.0916. The molecule has 15 heavy (non-hydrogen) atoms. The zero-order valence-corrected chi connectivity index (χ0v) is 11.8. The Labute approximate surface area is 107 Å². The number of amides is 1. The van der Waals surface area contributed by atoms with Crippen LogP contribution in [0.25, 0.3) is 0 Å². The zero-order chi connectivity index (χ0) is 11.5. The molecule has 0 radical (unpaired) electrons. The first-order valence-electron chi connectivity index (χ1n) is 4.58. The highest BCUT2D eigenvalue weighted by Crippen LogP contribution is 2.23. The second-order valence-corrected chi connectivity index (χ2v) is 5.99. The van der Waals surface area contributed by atoms with Gasteiger partial charge in [0.05, 0.1) is 5.02 Å². The molecule has 1 rings (SSSR count). The SMILES string of the molecule is CC(C)(CCBr)NC(=O)c1sccc1Cl. The van der Waals surface area contributed by atoms with Crippen molar-refractivity contribution in [2.45, 2.75) is 25.8 Å². The van der Waals surface area contributed by atoms with E-state index in [1.165, 1.54) is 11.3 Å². The quantitative estimate of drug-likeness (QED) is 0.844. The Balaban J connectivity index is 2.68. The summed E-state index contributed by atoms with van der Waals surface area (Å²) in [5, 5.41) is 6.15. The molecular formula is C10H13BrClNOS. The lowest BCUT2D eigenvalue weighted by atomic mass is 10.0. The van der Waals surface area contributed by atoms with Gasteiger partial charge in [-0.1, -0.05) is 27.5 Å². The summed E-state index contributed by atoms with van der Waals surface area (Å²) in [5.74, 6) is -0.0963. The fourth-order valence-electron chi connectivity index (χ4n) is 1.12. The van der Waals surface area contributed by atoms with E-state index in [0.29, 0.717) is 9.90 Å². The molecule has 0 unspecified atom stereocenters. The number of alkyl halides is 1. The Hall–Kier alpha value is -0.0600. The van der Waals surface area contributed by atoms with E-state index in [0.717, 1.165) is 11.8 Å². The number of thiophene rings is 1. The Bertz CT molecular complexity index is 351. The van der Waals surface area contributed by atoms with Gasteiger partial charge in [-0.15, -0.1) is 11.3 Å². The second kappa shape index (κ2) is 5.32. The van der Waals surface area contributed by atoms with E-state index in [-0.39, 0.29) is 11.4 Å². The summed E-state index contributed by atoms with van der Waals surface area (Å²) in [7, 11) is 0. The summed E-state index contributed by atoms with van der Waals surface area (Å²) >= 11 is 10.6. The van der Waals surface area contributed by atoms with Gasteiger partial charge < -0.3 is 5.32 Å². The maximum atomic E-state index is 11.8. The molecule has 0 bridgehead atoms. The van der Waals surface area contributed by atoms with Gasteiger partial charge in [-0.2, -0.15) is 0 Å². The van der Waals surface area contributed by atoms with Crippen molar-refractivity contribution in [2.24, 2.45) is 0 Å². The van der Waals surface area contributed by atoms with Crippen molar-refractivity contribution >= 4 is 44.8 Å². The predicted molar refractivity (Wildman–Crippen MR) is 69.3 cm³/mol. The van der Waals surface area contributed by atoms with Crippen LogP contribution in [0.1, 0.15) is 29.9 Å². The molecule has 1 N–H and O–H groups in total. The molecule has 1 aromatic rings. The van der Waals surface area contributed by atoms with Crippen LogP contribution in [0.3, 0.4) is 0 Å². The molecule has 0 saturated carbocycles. The van der Waals surface area contributed by atoms with E-state index in [1.54, 1.807) is 6.07 Å². The van der Waals surface area contributed by atoms with Crippen LogP contribution in [-0.4, -0.2) is 16.8 Å². The normalized spacial score (nSPS) is 11.5. The summed E-state index contributed by atoms with van der Waals surface area (Å²) in [6, 6.07) is 1.73. The van der Waals surface area contributed by atoms with Crippen LogP contribution in [0.15, 0.2) is 11.4 Å². The number of rotatable bonds is 4. The molecule has 0 aliphatic heterocycles. The van der Waals surface area contributed by atoms with E-state index < -0.39 is 0 Å². The number of carbonyl (C=O) groups is 1. The van der Waals surface area contributed by atoms with Crippen molar-refractivity contribution in [2.75, 3.05) is 5.33 Å². The van der Waals surface area contributed by atoms with E-state index in [2.05, 4.69) is 21.2 Å². The molecule has 5 heteroatoms. The number of halogens is 2. The van der Waals surface area contributed by atoms with Gasteiger partial charge in [-0.25, -0.2) is 0 Å². The van der Waals surface area contributed by atoms with Gasteiger partial charge in [0.1, 0.15) is 4.88 Å². The van der Waals surface area contributed by atoms with Crippen LogP contribution < -0.4 is 5.32 Å². The Morgan fingerprint density at radius 3 is 2.80 bits per heavy atom. The van der Waals surface area contributed by atoms with E-state index in [1.807, 2.05) is 19.2 Å². The summed E-state index contributed by atoms with van der Waals surface area (Å²) in [5.41, 5.74) is -0.214. The van der Waals surface area contributed by atoms with Crippen molar-refractivity contribution in [3.8, 4) is 0 Å². The summed E-state index contributed by atoms with van der Waals surface area (Å²) < 4.78 is 0. The highest BCUT2D eigenvalue weighted by atomic mass is 79.9. The molecule has 84 valence electrons. The molecular weight excluding hydrogens is 298 g/mol. The van der Waals surface area contributed by atoms with Gasteiger partial charge in [-0.3, -0.25) is 4.79 Å². The average Bonchev–Trinajstić information content (AvgIpc) is 2.50. The molecule has 0 atom stereocenters. The molecule has 0 aliphatic rings. The number of hydrogen-bond donors (Lipinski definition) is 1. The predicted octanol–water partition coefficient (Wildman–Crippen LogP) is 3.69. The minimum Gasteiger partial charge on any atom is -0.346 e. The molecule has 2 nitrogen and oxygen atoms in total. The van der Waals surface area contributed by atoms with Crippen LogP contribution in [0.4, 0.5) is 0 Å². The highest BCUT2D eigenvalue weighted by Gasteiger charge is 2.22. The van der Waals surface area contributed by atoms with Gasteiger partial charge in [0.25, 0.3) is 5.91 Å². The van der Waals surface area contributed by atoms with Crippen LogP contribution in [0, 0.1) is 0 Å². The summed E-state index contributed by atoms with van der Waals surface area (Å²) in [6.07, 6.45) is 0.877. The minimum atomic E-state index is -0.214. The molecule has 0 saturated heterocycles. The monoisotopic (exact) mass is 309 g/mol. The Kier molecular flexibility index (Phi) is 4.62. The van der Waals surface area contributed by atoms with Crippen molar-refractivity contribution < 1.29 is 4.79 Å². The molecule has 0 aromatic carbocycles. The van der Waals surface area contributed by atoms with E-state index in [9.17, 15) is 4.79 Å². The smallest absolute Gasteiger partial charge is 0.263 e. The first-order chi connectivity index (χ1) is 6.96. The molecule has 0 fully saturated rings. The molecule has 0 aliphatic carbocycles. The maximum absolute atomic E-state index is 11.8. The third kappa shape index (κ3) is 3.78. The topological polar surface area (TPSA) is 29.1 Å². The minimum absolute atomic E-state index is 0.0963. The fourth-order valence-corrected chi connectivity index (χ4v) is 3.15.